The molecule has 0 amide bonds. The third-order valence-corrected chi connectivity index (χ3v) is 4.61. The Hall–Kier alpha value is -1.84. The molecular weight excluding hydrogens is 298 g/mol. The van der Waals surface area contributed by atoms with Gasteiger partial charge in [-0.15, -0.1) is 0 Å². The zero-order valence-electron chi connectivity index (χ0n) is 14.2. The Labute approximate surface area is 144 Å². The normalized spacial score (nSPS) is 16.2. The summed E-state index contributed by atoms with van der Waals surface area (Å²) in [5, 5.41) is 9.56. The summed E-state index contributed by atoms with van der Waals surface area (Å²) < 4.78 is 5.84. The predicted octanol–water partition coefficient (Wildman–Crippen LogP) is 3.65. The van der Waals surface area contributed by atoms with Gasteiger partial charge in [0.05, 0.1) is 12.7 Å². The van der Waals surface area contributed by atoms with Crippen LogP contribution in [0, 0.1) is 0 Å². The molecule has 0 bridgehead atoms. The van der Waals surface area contributed by atoms with Gasteiger partial charge < -0.3 is 9.84 Å². The van der Waals surface area contributed by atoms with Gasteiger partial charge in [0.2, 0.25) is 0 Å². The second-order valence-corrected chi connectivity index (χ2v) is 6.59. The SMILES string of the molecule is OC1CCN(Cc2ccc(OCCCc3ccccc3)cc2)CC1. The van der Waals surface area contributed by atoms with E-state index in [9.17, 15) is 5.11 Å². The van der Waals surface area contributed by atoms with Crippen LogP contribution in [0.25, 0.3) is 0 Å². The van der Waals surface area contributed by atoms with Gasteiger partial charge in [-0.05, 0) is 48.9 Å². The standard InChI is InChI=1S/C21H27NO2/c23-20-12-14-22(15-13-20)17-19-8-10-21(11-9-19)24-16-4-7-18-5-2-1-3-6-18/h1-3,5-6,8-11,20,23H,4,7,12-17H2. The summed E-state index contributed by atoms with van der Waals surface area (Å²) in [5.74, 6) is 0.945. The van der Waals surface area contributed by atoms with Gasteiger partial charge in [0.15, 0.2) is 0 Å². The Balaban J connectivity index is 1.38. The highest BCUT2D eigenvalue weighted by atomic mass is 16.5. The van der Waals surface area contributed by atoms with Crippen LogP contribution in [0.1, 0.15) is 30.4 Å². The Morgan fingerprint density at radius 3 is 2.33 bits per heavy atom. The number of hydrogen-bond donors (Lipinski definition) is 1. The van der Waals surface area contributed by atoms with Crippen LogP contribution in [0.2, 0.25) is 0 Å². The fraction of sp³-hybridized carbons (Fsp3) is 0.429. The molecule has 0 spiro atoms. The fourth-order valence-corrected chi connectivity index (χ4v) is 3.14. The van der Waals surface area contributed by atoms with E-state index in [4.69, 9.17) is 4.74 Å². The van der Waals surface area contributed by atoms with Crippen molar-refractivity contribution >= 4 is 0 Å². The summed E-state index contributed by atoms with van der Waals surface area (Å²) in [5.41, 5.74) is 2.67. The molecule has 2 aromatic carbocycles. The Bertz CT molecular complexity index is 589. The predicted molar refractivity (Wildman–Crippen MR) is 97.2 cm³/mol. The van der Waals surface area contributed by atoms with Gasteiger partial charge in [0.1, 0.15) is 5.75 Å². The number of likely N-dealkylation sites (tertiary alicyclic amines) is 1. The van der Waals surface area contributed by atoms with Crippen molar-refractivity contribution in [2.24, 2.45) is 0 Å². The molecule has 0 radical (unpaired) electrons. The van der Waals surface area contributed by atoms with Crippen LogP contribution in [0.3, 0.4) is 0 Å². The summed E-state index contributed by atoms with van der Waals surface area (Å²) in [6, 6.07) is 19.0. The Morgan fingerprint density at radius 1 is 0.917 bits per heavy atom. The molecule has 0 aliphatic carbocycles. The van der Waals surface area contributed by atoms with E-state index in [1.807, 2.05) is 6.07 Å². The van der Waals surface area contributed by atoms with Crippen molar-refractivity contribution in [2.45, 2.75) is 38.3 Å². The minimum Gasteiger partial charge on any atom is -0.494 e. The maximum atomic E-state index is 9.56. The van der Waals surface area contributed by atoms with Gasteiger partial charge in [0.25, 0.3) is 0 Å². The zero-order valence-corrected chi connectivity index (χ0v) is 14.2. The molecule has 1 fully saturated rings. The van der Waals surface area contributed by atoms with Crippen molar-refractivity contribution in [2.75, 3.05) is 19.7 Å². The smallest absolute Gasteiger partial charge is 0.119 e. The molecule has 2 aromatic rings. The average Bonchev–Trinajstić information content (AvgIpc) is 2.63. The highest BCUT2D eigenvalue weighted by molar-refractivity contribution is 5.27. The van der Waals surface area contributed by atoms with Gasteiger partial charge in [-0.1, -0.05) is 42.5 Å². The molecule has 1 aliphatic rings. The van der Waals surface area contributed by atoms with Crippen molar-refractivity contribution in [1.29, 1.82) is 0 Å². The third kappa shape index (κ3) is 5.36. The van der Waals surface area contributed by atoms with E-state index in [2.05, 4.69) is 53.4 Å². The molecule has 1 heterocycles. The molecule has 1 saturated heterocycles. The van der Waals surface area contributed by atoms with E-state index in [0.29, 0.717) is 0 Å². The quantitative estimate of drug-likeness (QED) is 0.789. The minimum atomic E-state index is -0.104. The summed E-state index contributed by atoms with van der Waals surface area (Å²) >= 11 is 0. The maximum absolute atomic E-state index is 9.56. The summed E-state index contributed by atoms with van der Waals surface area (Å²) in [6.45, 7) is 3.68. The monoisotopic (exact) mass is 325 g/mol. The van der Waals surface area contributed by atoms with E-state index >= 15 is 0 Å². The molecule has 3 heteroatoms. The summed E-state index contributed by atoms with van der Waals surface area (Å²) in [7, 11) is 0. The molecule has 0 aromatic heterocycles. The number of benzene rings is 2. The van der Waals surface area contributed by atoms with Crippen molar-refractivity contribution < 1.29 is 9.84 Å². The lowest BCUT2D eigenvalue weighted by Gasteiger charge is -2.29. The molecular formula is C21H27NO2. The van der Waals surface area contributed by atoms with Crippen molar-refractivity contribution in [3.05, 3.63) is 65.7 Å². The lowest BCUT2D eigenvalue weighted by molar-refractivity contribution is 0.0792. The molecule has 128 valence electrons. The maximum Gasteiger partial charge on any atom is 0.119 e. The van der Waals surface area contributed by atoms with Crippen LogP contribution in [0.5, 0.6) is 5.75 Å². The Morgan fingerprint density at radius 2 is 1.62 bits per heavy atom. The highest BCUT2D eigenvalue weighted by Crippen LogP contribution is 2.17. The van der Waals surface area contributed by atoms with Gasteiger partial charge in [-0.25, -0.2) is 0 Å². The van der Waals surface area contributed by atoms with Crippen LogP contribution < -0.4 is 4.74 Å². The van der Waals surface area contributed by atoms with Crippen LogP contribution in [0.15, 0.2) is 54.6 Å². The number of aryl methyl sites for hydroxylation is 1. The summed E-state index contributed by atoms with van der Waals surface area (Å²) in [6.07, 6.45) is 3.76. The molecule has 0 saturated carbocycles. The van der Waals surface area contributed by atoms with Crippen LogP contribution in [0.4, 0.5) is 0 Å². The van der Waals surface area contributed by atoms with E-state index in [0.717, 1.165) is 57.7 Å². The molecule has 0 unspecified atom stereocenters. The number of aliphatic hydroxyl groups is 1. The number of aliphatic hydroxyl groups excluding tert-OH is 1. The first-order chi connectivity index (χ1) is 11.8. The van der Waals surface area contributed by atoms with Gasteiger partial charge >= 0.3 is 0 Å². The topological polar surface area (TPSA) is 32.7 Å². The molecule has 24 heavy (non-hydrogen) atoms. The van der Waals surface area contributed by atoms with Crippen molar-refractivity contribution in [1.82, 2.24) is 4.90 Å². The Kier molecular flexibility index (Phi) is 6.27. The molecule has 3 nitrogen and oxygen atoms in total. The average molecular weight is 325 g/mol. The van der Waals surface area contributed by atoms with Crippen LogP contribution in [-0.2, 0) is 13.0 Å². The molecule has 3 rings (SSSR count). The van der Waals surface area contributed by atoms with E-state index < -0.39 is 0 Å². The minimum absolute atomic E-state index is 0.104. The van der Waals surface area contributed by atoms with Gasteiger partial charge in [-0.2, -0.15) is 0 Å². The lowest BCUT2D eigenvalue weighted by atomic mass is 10.1. The van der Waals surface area contributed by atoms with E-state index in [-0.39, 0.29) is 6.10 Å². The van der Waals surface area contributed by atoms with Crippen molar-refractivity contribution in [3.63, 3.8) is 0 Å². The second kappa shape index (κ2) is 8.86. The number of ether oxygens (including phenoxy) is 1. The first-order valence-corrected chi connectivity index (χ1v) is 8.96. The van der Waals surface area contributed by atoms with Crippen LogP contribution >= 0.6 is 0 Å². The lowest BCUT2D eigenvalue weighted by Crippen LogP contribution is -2.35. The van der Waals surface area contributed by atoms with Gasteiger partial charge in [0, 0.05) is 19.6 Å². The number of nitrogens with zero attached hydrogens (tertiary/aromatic N) is 1. The number of rotatable bonds is 7. The zero-order chi connectivity index (χ0) is 16.6. The second-order valence-electron chi connectivity index (χ2n) is 6.59. The van der Waals surface area contributed by atoms with Gasteiger partial charge in [-0.3, -0.25) is 4.90 Å². The number of hydrogen-bond acceptors (Lipinski definition) is 3. The fourth-order valence-electron chi connectivity index (χ4n) is 3.14. The number of piperidine rings is 1. The van der Waals surface area contributed by atoms with Crippen molar-refractivity contribution in [3.8, 4) is 5.75 Å². The summed E-state index contributed by atoms with van der Waals surface area (Å²) in [4.78, 5) is 2.41. The molecule has 1 aliphatic heterocycles. The van der Waals surface area contributed by atoms with E-state index in [1.165, 1.54) is 11.1 Å². The first kappa shape index (κ1) is 17.0. The molecule has 1 N–H and O–H groups in total. The van der Waals surface area contributed by atoms with E-state index in [1.54, 1.807) is 0 Å². The first-order valence-electron chi connectivity index (χ1n) is 8.96. The highest BCUT2D eigenvalue weighted by Gasteiger charge is 2.16. The largest absolute Gasteiger partial charge is 0.494 e. The third-order valence-electron chi connectivity index (χ3n) is 4.61. The molecule has 0 atom stereocenters. The van der Waals surface area contributed by atoms with Crippen LogP contribution in [-0.4, -0.2) is 35.8 Å².